The second-order valence-electron chi connectivity index (χ2n) is 5.38. The summed E-state index contributed by atoms with van der Waals surface area (Å²) in [5, 5.41) is 9.33. The molecule has 0 saturated carbocycles. The average molecular weight is 261 g/mol. The van der Waals surface area contributed by atoms with Crippen LogP contribution in [-0.2, 0) is 4.79 Å². The standard InChI is InChI=1S/C15H19NO3/c1-10-12-6-2-3-7-13(12)19-14(10)15(18)16-8-4-5-11(16)9-17/h2-3,6-7,10-11,14,17H,4-5,8-9H2,1H3/t10-,11-,14-/m1/s1. The molecule has 3 rings (SSSR count). The van der Waals surface area contributed by atoms with E-state index in [1.807, 2.05) is 31.2 Å². The van der Waals surface area contributed by atoms with Crippen LogP contribution in [0.5, 0.6) is 5.75 Å². The van der Waals surface area contributed by atoms with Gasteiger partial charge < -0.3 is 14.7 Å². The molecule has 1 aromatic carbocycles. The van der Waals surface area contributed by atoms with Gasteiger partial charge in [-0.25, -0.2) is 0 Å². The number of ether oxygens (including phenoxy) is 1. The van der Waals surface area contributed by atoms with E-state index in [0.717, 1.165) is 30.7 Å². The molecular weight excluding hydrogens is 242 g/mol. The molecule has 0 bridgehead atoms. The average Bonchev–Trinajstić information content (AvgIpc) is 3.03. The van der Waals surface area contributed by atoms with Crippen LogP contribution in [0.3, 0.4) is 0 Å². The van der Waals surface area contributed by atoms with Crippen LogP contribution in [0.4, 0.5) is 0 Å². The van der Waals surface area contributed by atoms with Gasteiger partial charge in [0.25, 0.3) is 5.91 Å². The van der Waals surface area contributed by atoms with Gasteiger partial charge in [-0.3, -0.25) is 4.79 Å². The van der Waals surface area contributed by atoms with Gasteiger partial charge in [0, 0.05) is 18.0 Å². The van der Waals surface area contributed by atoms with Gasteiger partial charge in [0.05, 0.1) is 12.6 Å². The third-order valence-corrected chi connectivity index (χ3v) is 4.23. The molecule has 2 aliphatic rings. The normalized spacial score (nSPS) is 29.2. The minimum atomic E-state index is -0.440. The molecule has 1 N–H and O–H groups in total. The highest BCUT2D eigenvalue weighted by atomic mass is 16.5. The zero-order chi connectivity index (χ0) is 13.4. The van der Waals surface area contributed by atoms with Gasteiger partial charge in [-0.1, -0.05) is 25.1 Å². The van der Waals surface area contributed by atoms with E-state index in [4.69, 9.17) is 4.74 Å². The van der Waals surface area contributed by atoms with E-state index in [0.29, 0.717) is 0 Å². The molecule has 1 fully saturated rings. The summed E-state index contributed by atoms with van der Waals surface area (Å²) < 4.78 is 5.81. The number of likely N-dealkylation sites (tertiary alicyclic amines) is 1. The van der Waals surface area contributed by atoms with E-state index in [-0.39, 0.29) is 24.5 Å². The Kier molecular flexibility index (Phi) is 3.19. The quantitative estimate of drug-likeness (QED) is 0.878. The smallest absolute Gasteiger partial charge is 0.264 e. The Morgan fingerprint density at radius 3 is 3.00 bits per heavy atom. The molecule has 19 heavy (non-hydrogen) atoms. The molecule has 4 heteroatoms. The molecule has 2 aliphatic heterocycles. The Balaban J connectivity index is 1.79. The van der Waals surface area contributed by atoms with Crippen LogP contribution in [-0.4, -0.2) is 41.2 Å². The largest absolute Gasteiger partial charge is 0.480 e. The van der Waals surface area contributed by atoms with Gasteiger partial charge in [-0.05, 0) is 18.9 Å². The maximum Gasteiger partial charge on any atom is 0.264 e. The van der Waals surface area contributed by atoms with Crippen molar-refractivity contribution in [3.63, 3.8) is 0 Å². The fourth-order valence-electron chi connectivity index (χ4n) is 3.11. The summed E-state index contributed by atoms with van der Waals surface area (Å²) in [7, 11) is 0. The Bertz CT molecular complexity index is 488. The molecule has 0 spiro atoms. The molecule has 0 aliphatic carbocycles. The fraction of sp³-hybridized carbons (Fsp3) is 0.533. The zero-order valence-corrected chi connectivity index (χ0v) is 11.1. The predicted molar refractivity (Wildman–Crippen MR) is 71.1 cm³/mol. The molecule has 102 valence electrons. The van der Waals surface area contributed by atoms with Crippen molar-refractivity contribution in [1.82, 2.24) is 4.90 Å². The number of aliphatic hydroxyl groups is 1. The van der Waals surface area contributed by atoms with Gasteiger partial charge in [0.15, 0.2) is 6.10 Å². The molecule has 1 aromatic rings. The number of carbonyl (C=O) groups is 1. The third-order valence-electron chi connectivity index (χ3n) is 4.23. The summed E-state index contributed by atoms with van der Waals surface area (Å²) in [4.78, 5) is 14.4. The molecule has 4 nitrogen and oxygen atoms in total. The monoisotopic (exact) mass is 261 g/mol. The molecule has 2 heterocycles. The highest BCUT2D eigenvalue weighted by Crippen LogP contribution is 2.38. The minimum absolute atomic E-state index is 0.0141. The van der Waals surface area contributed by atoms with Crippen molar-refractivity contribution in [1.29, 1.82) is 0 Å². The van der Waals surface area contributed by atoms with E-state index < -0.39 is 6.10 Å². The number of aliphatic hydroxyl groups excluding tert-OH is 1. The summed E-state index contributed by atoms with van der Waals surface area (Å²) in [6, 6.07) is 7.78. The molecular formula is C15H19NO3. The molecule has 1 saturated heterocycles. The van der Waals surface area contributed by atoms with E-state index in [1.165, 1.54) is 0 Å². The first-order chi connectivity index (χ1) is 9.22. The van der Waals surface area contributed by atoms with Crippen LogP contribution < -0.4 is 4.74 Å². The van der Waals surface area contributed by atoms with Gasteiger partial charge in [0.2, 0.25) is 0 Å². The van der Waals surface area contributed by atoms with E-state index in [9.17, 15) is 9.90 Å². The van der Waals surface area contributed by atoms with Crippen LogP contribution >= 0.6 is 0 Å². The van der Waals surface area contributed by atoms with Crippen molar-refractivity contribution in [2.75, 3.05) is 13.2 Å². The summed E-state index contributed by atoms with van der Waals surface area (Å²) in [5.41, 5.74) is 1.10. The number of nitrogens with zero attached hydrogens (tertiary/aromatic N) is 1. The number of carbonyl (C=O) groups excluding carboxylic acids is 1. The Labute approximate surface area is 113 Å². The van der Waals surface area contributed by atoms with Crippen molar-refractivity contribution in [3.8, 4) is 5.75 Å². The lowest BCUT2D eigenvalue weighted by atomic mass is 9.96. The second kappa shape index (κ2) is 4.85. The number of rotatable bonds is 2. The molecule has 1 amide bonds. The number of hydrogen-bond acceptors (Lipinski definition) is 3. The Hall–Kier alpha value is -1.55. The predicted octanol–water partition coefficient (Wildman–Crippen LogP) is 1.53. The van der Waals surface area contributed by atoms with Crippen molar-refractivity contribution < 1.29 is 14.6 Å². The summed E-state index contributed by atoms with van der Waals surface area (Å²) in [5.74, 6) is 0.900. The lowest BCUT2D eigenvalue weighted by Gasteiger charge is -2.27. The van der Waals surface area contributed by atoms with Crippen LogP contribution in [0.2, 0.25) is 0 Å². The molecule has 0 aromatic heterocycles. The lowest BCUT2D eigenvalue weighted by Crippen LogP contribution is -2.46. The minimum Gasteiger partial charge on any atom is -0.480 e. The lowest BCUT2D eigenvalue weighted by molar-refractivity contribution is -0.140. The number of hydrogen-bond donors (Lipinski definition) is 1. The number of para-hydroxylation sites is 1. The highest BCUT2D eigenvalue weighted by Gasteiger charge is 2.41. The Morgan fingerprint density at radius 2 is 2.26 bits per heavy atom. The van der Waals surface area contributed by atoms with Gasteiger partial charge >= 0.3 is 0 Å². The number of amides is 1. The van der Waals surface area contributed by atoms with Crippen molar-refractivity contribution in [3.05, 3.63) is 29.8 Å². The highest BCUT2D eigenvalue weighted by molar-refractivity contribution is 5.84. The maximum atomic E-state index is 12.6. The zero-order valence-electron chi connectivity index (χ0n) is 11.1. The van der Waals surface area contributed by atoms with Crippen LogP contribution in [0.1, 0.15) is 31.2 Å². The van der Waals surface area contributed by atoms with Crippen LogP contribution in [0, 0.1) is 0 Å². The maximum absolute atomic E-state index is 12.6. The second-order valence-corrected chi connectivity index (χ2v) is 5.38. The van der Waals surface area contributed by atoms with Gasteiger partial charge in [-0.15, -0.1) is 0 Å². The van der Waals surface area contributed by atoms with E-state index in [2.05, 4.69) is 0 Å². The van der Waals surface area contributed by atoms with Crippen molar-refractivity contribution >= 4 is 5.91 Å². The fourth-order valence-corrected chi connectivity index (χ4v) is 3.11. The van der Waals surface area contributed by atoms with Crippen molar-refractivity contribution in [2.24, 2.45) is 0 Å². The summed E-state index contributed by atoms with van der Waals surface area (Å²) >= 11 is 0. The first-order valence-corrected chi connectivity index (χ1v) is 6.89. The topological polar surface area (TPSA) is 49.8 Å². The summed E-state index contributed by atoms with van der Waals surface area (Å²) in [6.45, 7) is 2.80. The molecule has 0 unspecified atom stereocenters. The number of fused-ring (bicyclic) bond motifs is 1. The SMILES string of the molecule is C[C@@H]1c2ccccc2O[C@H]1C(=O)N1CCC[C@@H]1CO. The Morgan fingerprint density at radius 1 is 1.47 bits per heavy atom. The molecule has 3 atom stereocenters. The van der Waals surface area contributed by atoms with E-state index in [1.54, 1.807) is 4.90 Å². The van der Waals surface area contributed by atoms with Crippen LogP contribution in [0.15, 0.2) is 24.3 Å². The van der Waals surface area contributed by atoms with Crippen LogP contribution in [0.25, 0.3) is 0 Å². The third kappa shape index (κ3) is 2.00. The van der Waals surface area contributed by atoms with Crippen molar-refractivity contribution in [2.45, 2.75) is 37.8 Å². The summed E-state index contributed by atoms with van der Waals surface area (Å²) in [6.07, 6.45) is 1.41. The molecule has 0 radical (unpaired) electrons. The van der Waals surface area contributed by atoms with Gasteiger partial charge in [0.1, 0.15) is 5.75 Å². The first kappa shape index (κ1) is 12.5. The van der Waals surface area contributed by atoms with E-state index >= 15 is 0 Å². The first-order valence-electron chi connectivity index (χ1n) is 6.89. The van der Waals surface area contributed by atoms with Gasteiger partial charge in [-0.2, -0.15) is 0 Å². The number of benzene rings is 1.